The lowest BCUT2D eigenvalue weighted by Crippen LogP contribution is -2.20. The van der Waals surface area contributed by atoms with Gasteiger partial charge in [-0.25, -0.2) is 10.5 Å². The van der Waals surface area contributed by atoms with Crippen LogP contribution in [0.25, 0.3) is 0 Å². The van der Waals surface area contributed by atoms with Crippen molar-refractivity contribution >= 4 is 17.4 Å². The van der Waals surface area contributed by atoms with Gasteiger partial charge in [-0.3, -0.25) is 19.8 Å². The third-order valence-electron chi connectivity index (χ3n) is 2.59. The number of nitrogens with zero attached hydrogens (tertiary/aromatic N) is 2. The minimum atomic E-state index is -0.706. The Labute approximate surface area is 112 Å². The number of carbonyl (C=O) groups excluding carboxylic acids is 1. The number of benzene rings is 1. The number of aromatic amines is 1. The highest BCUT2D eigenvalue weighted by Gasteiger charge is 2.15. The molecule has 0 fully saturated rings. The number of aromatic nitrogens is 2. The van der Waals surface area contributed by atoms with Gasteiger partial charge in [0.1, 0.15) is 5.69 Å². The molecule has 0 atom stereocenters. The highest BCUT2D eigenvalue weighted by atomic mass is 16.5. The number of nitrogens with one attached hydrogen (secondary N) is 2. The van der Waals surface area contributed by atoms with Gasteiger partial charge in [0.25, 0.3) is 5.56 Å². The molecule has 0 radical (unpaired) electrons. The molecule has 1 heterocycles. The van der Waals surface area contributed by atoms with Gasteiger partial charge in [-0.15, -0.1) is 4.91 Å². The van der Waals surface area contributed by atoms with Crippen LogP contribution in [-0.4, -0.2) is 21.0 Å². The molecule has 102 valence electrons. The SMILES string of the molecule is O=Nc1[nH]c(=O)c(CC(=O)c2ccccc2)nc1NO. The molecule has 20 heavy (non-hydrogen) atoms. The maximum absolute atomic E-state index is 12.0. The van der Waals surface area contributed by atoms with Crippen LogP contribution in [0.3, 0.4) is 0 Å². The summed E-state index contributed by atoms with van der Waals surface area (Å²) in [7, 11) is 0. The van der Waals surface area contributed by atoms with E-state index in [4.69, 9.17) is 5.21 Å². The fourth-order valence-electron chi connectivity index (χ4n) is 1.62. The molecule has 0 amide bonds. The normalized spacial score (nSPS) is 10.1. The fraction of sp³-hybridized carbons (Fsp3) is 0.0833. The Morgan fingerprint density at radius 2 is 2.05 bits per heavy atom. The lowest BCUT2D eigenvalue weighted by Gasteiger charge is -2.04. The van der Waals surface area contributed by atoms with Gasteiger partial charge in [0.15, 0.2) is 11.6 Å². The molecule has 1 aromatic carbocycles. The highest BCUT2D eigenvalue weighted by Crippen LogP contribution is 2.16. The van der Waals surface area contributed by atoms with Crippen molar-refractivity contribution in [3.63, 3.8) is 0 Å². The van der Waals surface area contributed by atoms with Gasteiger partial charge in [0.05, 0.1) is 6.42 Å². The summed E-state index contributed by atoms with van der Waals surface area (Å²) in [6.45, 7) is 0. The number of anilines is 1. The number of hydrogen-bond donors (Lipinski definition) is 3. The third-order valence-corrected chi connectivity index (χ3v) is 2.59. The van der Waals surface area contributed by atoms with Gasteiger partial charge >= 0.3 is 0 Å². The topological polar surface area (TPSA) is 125 Å². The summed E-state index contributed by atoms with van der Waals surface area (Å²) in [5.74, 6) is -1.05. The van der Waals surface area contributed by atoms with Crippen LogP contribution < -0.4 is 11.0 Å². The number of Topliss-reactive ketones (excluding diaryl/α,β-unsaturated/α-hetero) is 1. The van der Waals surface area contributed by atoms with Crippen molar-refractivity contribution in [2.24, 2.45) is 5.18 Å². The second-order valence-electron chi connectivity index (χ2n) is 3.88. The zero-order chi connectivity index (χ0) is 14.5. The van der Waals surface area contributed by atoms with Crippen LogP contribution in [-0.2, 0) is 6.42 Å². The predicted molar refractivity (Wildman–Crippen MR) is 70.2 cm³/mol. The Morgan fingerprint density at radius 3 is 2.65 bits per heavy atom. The van der Waals surface area contributed by atoms with Gasteiger partial charge in [0.2, 0.25) is 5.82 Å². The molecule has 8 nitrogen and oxygen atoms in total. The van der Waals surface area contributed by atoms with Crippen molar-refractivity contribution in [1.29, 1.82) is 0 Å². The molecule has 0 saturated carbocycles. The van der Waals surface area contributed by atoms with Crippen molar-refractivity contribution < 1.29 is 10.0 Å². The minimum absolute atomic E-state index is 0.122. The van der Waals surface area contributed by atoms with Crippen LogP contribution in [0.15, 0.2) is 40.3 Å². The predicted octanol–water partition coefficient (Wildman–Crippen LogP) is 1.39. The summed E-state index contributed by atoms with van der Waals surface area (Å²) < 4.78 is 0. The molecule has 1 aromatic heterocycles. The van der Waals surface area contributed by atoms with E-state index < -0.39 is 11.4 Å². The second-order valence-corrected chi connectivity index (χ2v) is 3.88. The Morgan fingerprint density at radius 1 is 1.35 bits per heavy atom. The number of nitroso groups, excluding NO2 is 1. The number of carbonyl (C=O) groups is 1. The van der Waals surface area contributed by atoms with E-state index in [-0.39, 0.29) is 23.7 Å². The van der Waals surface area contributed by atoms with E-state index in [2.05, 4.69) is 15.1 Å². The van der Waals surface area contributed by atoms with Gasteiger partial charge in [-0.05, 0) is 5.18 Å². The van der Waals surface area contributed by atoms with E-state index in [1.807, 2.05) is 0 Å². The zero-order valence-electron chi connectivity index (χ0n) is 10.2. The van der Waals surface area contributed by atoms with Crippen molar-refractivity contribution in [3.8, 4) is 0 Å². The van der Waals surface area contributed by atoms with E-state index in [0.717, 1.165) is 0 Å². The van der Waals surface area contributed by atoms with Crippen molar-refractivity contribution in [2.75, 3.05) is 5.48 Å². The maximum atomic E-state index is 12.0. The summed E-state index contributed by atoms with van der Waals surface area (Å²) in [6, 6.07) is 8.39. The smallest absolute Gasteiger partial charge is 0.271 e. The van der Waals surface area contributed by atoms with E-state index in [1.165, 1.54) is 0 Å². The largest absolute Gasteiger partial charge is 0.299 e. The van der Waals surface area contributed by atoms with Gasteiger partial charge in [0, 0.05) is 5.56 Å². The summed E-state index contributed by atoms with van der Waals surface area (Å²) in [5, 5.41) is 11.3. The standard InChI is InChI=1S/C12H10N4O4/c17-9(7-4-2-1-3-5-7)6-8-12(18)14-11(16-20)10(13-8)15-19/h1-5,19H,6H2,(H,13,15)(H,14,18). The fourth-order valence-corrected chi connectivity index (χ4v) is 1.62. The van der Waals surface area contributed by atoms with Crippen molar-refractivity contribution in [1.82, 2.24) is 9.97 Å². The van der Waals surface area contributed by atoms with Crippen LogP contribution >= 0.6 is 0 Å². The number of H-pyrrole nitrogens is 1. The number of hydrogen-bond acceptors (Lipinski definition) is 7. The molecule has 3 N–H and O–H groups in total. The van der Waals surface area contributed by atoms with E-state index in [0.29, 0.717) is 5.56 Å². The Hall–Kier alpha value is -2.87. The van der Waals surface area contributed by atoms with E-state index >= 15 is 0 Å². The first-order valence-electron chi connectivity index (χ1n) is 5.60. The van der Waals surface area contributed by atoms with Gasteiger partial charge in [-0.2, -0.15) is 0 Å². The molecular formula is C12H10N4O4. The van der Waals surface area contributed by atoms with Crippen molar-refractivity contribution in [3.05, 3.63) is 56.9 Å². The number of ketones is 1. The van der Waals surface area contributed by atoms with Crippen LogP contribution in [0.1, 0.15) is 16.1 Å². The van der Waals surface area contributed by atoms with Crippen LogP contribution in [0, 0.1) is 4.91 Å². The van der Waals surface area contributed by atoms with Crippen LogP contribution in [0.5, 0.6) is 0 Å². The molecule has 0 bridgehead atoms. The molecule has 0 unspecified atom stereocenters. The molecule has 0 aliphatic carbocycles. The number of rotatable bonds is 5. The Bertz CT molecular complexity index is 696. The van der Waals surface area contributed by atoms with E-state index in [9.17, 15) is 14.5 Å². The van der Waals surface area contributed by atoms with Gasteiger partial charge in [-0.1, -0.05) is 30.3 Å². The average Bonchev–Trinajstić information content (AvgIpc) is 2.49. The Balaban J connectivity index is 2.32. The molecule has 0 aliphatic heterocycles. The minimum Gasteiger partial charge on any atom is -0.299 e. The monoisotopic (exact) mass is 274 g/mol. The first kappa shape index (κ1) is 13.6. The third kappa shape index (κ3) is 2.75. The zero-order valence-corrected chi connectivity index (χ0v) is 10.2. The summed E-state index contributed by atoms with van der Waals surface area (Å²) in [6.07, 6.45) is -0.257. The van der Waals surface area contributed by atoms with Gasteiger partial charge < -0.3 is 0 Å². The molecule has 2 aromatic rings. The van der Waals surface area contributed by atoms with E-state index in [1.54, 1.807) is 35.8 Å². The molecule has 8 heteroatoms. The first-order valence-corrected chi connectivity index (χ1v) is 5.60. The molecule has 0 saturated heterocycles. The summed E-state index contributed by atoms with van der Waals surface area (Å²) >= 11 is 0. The second kappa shape index (κ2) is 5.85. The molecule has 0 aliphatic rings. The lowest BCUT2D eigenvalue weighted by atomic mass is 10.1. The van der Waals surface area contributed by atoms with Crippen LogP contribution in [0.2, 0.25) is 0 Å². The van der Waals surface area contributed by atoms with Crippen molar-refractivity contribution in [2.45, 2.75) is 6.42 Å². The molecular weight excluding hydrogens is 264 g/mol. The lowest BCUT2D eigenvalue weighted by molar-refractivity contribution is 0.0991. The quantitative estimate of drug-likeness (QED) is 0.430. The molecule has 2 rings (SSSR count). The first-order chi connectivity index (χ1) is 9.65. The summed E-state index contributed by atoms with van der Waals surface area (Å²) in [5.41, 5.74) is 1.25. The highest BCUT2D eigenvalue weighted by molar-refractivity contribution is 5.97. The average molecular weight is 274 g/mol. The van der Waals surface area contributed by atoms with Crippen LogP contribution in [0.4, 0.5) is 11.6 Å². The molecule has 0 spiro atoms. The summed E-state index contributed by atoms with van der Waals surface area (Å²) in [4.78, 5) is 39.9. The maximum Gasteiger partial charge on any atom is 0.271 e. The Kier molecular flexibility index (Phi) is 3.96.